The van der Waals surface area contributed by atoms with E-state index >= 15 is 0 Å². The molecule has 202 valence electrons. The summed E-state index contributed by atoms with van der Waals surface area (Å²) in [5.41, 5.74) is 4.65. The van der Waals surface area contributed by atoms with Crippen molar-refractivity contribution < 1.29 is 13.6 Å². The van der Waals surface area contributed by atoms with Crippen LogP contribution in [0.4, 0.5) is 20.2 Å². The van der Waals surface area contributed by atoms with Crippen LogP contribution in [0, 0.1) is 18.6 Å². The highest BCUT2D eigenvalue weighted by atomic mass is 35.5. The normalized spacial score (nSPS) is 18.8. The van der Waals surface area contributed by atoms with Gasteiger partial charge in [0.2, 0.25) is 0 Å². The van der Waals surface area contributed by atoms with Gasteiger partial charge in [0, 0.05) is 82.9 Å². The lowest BCUT2D eigenvalue weighted by Crippen LogP contribution is -2.54. The van der Waals surface area contributed by atoms with Gasteiger partial charge < -0.3 is 19.3 Å². The van der Waals surface area contributed by atoms with Gasteiger partial charge in [0.1, 0.15) is 5.69 Å². The van der Waals surface area contributed by atoms with Gasteiger partial charge in [-0.05, 0) is 49.7 Å². The van der Waals surface area contributed by atoms with Crippen LogP contribution in [-0.4, -0.2) is 72.1 Å². The van der Waals surface area contributed by atoms with Crippen LogP contribution >= 0.6 is 11.6 Å². The molecule has 3 aromatic rings. The summed E-state index contributed by atoms with van der Waals surface area (Å²) in [5, 5.41) is 0.780. The number of rotatable bonds is 5. The molecule has 9 heteroatoms. The zero-order valence-electron chi connectivity index (χ0n) is 22.1. The second kappa shape index (κ2) is 10.9. The number of benzene rings is 2. The maximum atomic E-state index is 13.7. The number of anilines is 2. The first-order chi connectivity index (χ1) is 18.2. The van der Waals surface area contributed by atoms with E-state index in [2.05, 4.69) is 22.8 Å². The fraction of sp³-hybridized carbons (Fsp3) is 0.414. The van der Waals surface area contributed by atoms with E-state index in [-0.39, 0.29) is 11.9 Å². The highest BCUT2D eigenvalue weighted by Gasteiger charge is 2.31. The third kappa shape index (κ3) is 5.24. The SMILES string of the molecule is Cc1c(CN2CCN(c3ccccc3Cl)CC2)cc(C(=O)N2CCN(c3ccc(F)c(F)c3)CC2C)n1C. The number of aromatic nitrogens is 1. The maximum Gasteiger partial charge on any atom is 0.270 e. The maximum absolute atomic E-state index is 13.7. The first-order valence-electron chi connectivity index (χ1n) is 13.1. The minimum atomic E-state index is -0.856. The van der Waals surface area contributed by atoms with Crippen molar-refractivity contribution in [3.05, 3.63) is 82.1 Å². The number of piperazine rings is 2. The van der Waals surface area contributed by atoms with Gasteiger partial charge in [0.25, 0.3) is 5.91 Å². The van der Waals surface area contributed by atoms with E-state index in [4.69, 9.17) is 11.6 Å². The van der Waals surface area contributed by atoms with E-state index in [1.807, 2.05) is 52.6 Å². The zero-order chi connectivity index (χ0) is 27.0. The van der Waals surface area contributed by atoms with Crippen LogP contribution in [0.3, 0.4) is 0 Å². The number of amides is 1. The predicted molar refractivity (Wildman–Crippen MR) is 148 cm³/mol. The van der Waals surface area contributed by atoms with Crippen molar-refractivity contribution in [2.75, 3.05) is 55.6 Å². The summed E-state index contributed by atoms with van der Waals surface area (Å²) in [6.07, 6.45) is 0. The minimum absolute atomic E-state index is 0.00262. The van der Waals surface area contributed by atoms with Crippen molar-refractivity contribution in [2.45, 2.75) is 26.4 Å². The molecule has 2 aliphatic rings. The highest BCUT2D eigenvalue weighted by molar-refractivity contribution is 6.33. The number of halogens is 3. The molecule has 2 fully saturated rings. The minimum Gasteiger partial charge on any atom is -0.368 e. The summed E-state index contributed by atoms with van der Waals surface area (Å²) in [7, 11) is 1.95. The Morgan fingerprint density at radius 3 is 2.34 bits per heavy atom. The molecule has 0 spiro atoms. The Bertz CT molecular complexity index is 1320. The Labute approximate surface area is 228 Å². The van der Waals surface area contributed by atoms with Gasteiger partial charge in [-0.2, -0.15) is 0 Å². The van der Waals surface area contributed by atoms with Gasteiger partial charge in [-0.15, -0.1) is 0 Å². The van der Waals surface area contributed by atoms with Crippen LogP contribution < -0.4 is 9.80 Å². The molecule has 2 aliphatic heterocycles. The quantitative estimate of drug-likeness (QED) is 0.458. The third-order valence-electron chi connectivity index (χ3n) is 7.98. The topological polar surface area (TPSA) is 35.0 Å². The summed E-state index contributed by atoms with van der Waals surface area (Å²) < 4.78 is 29.1. The zero-order valence-corrected chi connectivity index (χ0v) is 22.9. The molecule has 1 amide bonds. The fourth-order valence-electron chi connectivity index (χ4n) is 5.55. The number of nitrogens with zero attached hydrogens (tertiary/aromatic N) is 5. The summed E-state index contributed by atoms with van der Waals surface area (Å²) in [5.74, 6) is -1.71. The largest absolute Gasteiger partial charge is 0.368 e. The lowest BCUT2D eigenvalue weighted by Gasteiger charge is -2.41. The fourth-order valence-corrected chi connectivity index (χ4v) is 5.80. The summed E-state index contributed by atoms with van der Waals surface area (Å²) in [4.78, 5) is 22.2. The van der Waals surface area contributed by atoms with Crippen molar-refractivity contribution >= 4 is 28.9 Å². The van der Waals surface area contributed by atoms with E-state index in [9.17, 15) is 13.6 Å². The molecule has 3 heterocycles. The highest BCUT2D eigenvalue weighted by Crippen LogP contribution is 2.27. The van der Waals surface area contributed by atoms with E-state index in [0.717, 1.165) is 60.8 Å². The number of hydrogen-bond acceptors (Lipinski definition) is 4. The molecular formula is C29H34ClF2N5O. The molecule has 1 unspecified atom stereocenters. The summed E-state index contributed by atoms with van der Waals surface area (Å²) in [6, 6.07) is 13.9. The molecule has 38 heavy (non-hydrogen) atoms. The van der Waals surface area contributed by atoms with Gasteiger partial charge >= 0.3 is 0 Å². The van der Waals surface area contributed by atoms with Gasteiger partial charge in [0.15, 0.2) is 11.6 Å². The molecule has 5 rings (SSSR count). The number of carbonyl (C=O) groups is 1. The average Bonchev–Trinajstić information content (AvgIpc) is 3.19. The van der Waals surface area contributed by atoms with Crippen LogP contribution in [0.25, 0.3) is 0 Å². The summed E-state index contributed by atoms with van der Waals surface area (Å²) in [6.45, 7) is 10.1. The Balaban J connectivity index is 1.22. The molecule has 1 aromatic heterocycles. The van der Waals surface area contributed by atoms with Crippen molar-refractivity contribution in [3.63, 3.8) is 0 Å². The van der Waals surface area contributed by atoms with Gasteiger partial charge in [-0.1, -0.05) is 23.7 Å². The molecular weight excluding hydrogens is 508 g/mol. The first-order valence-corrected chi connectivity index (χ1v) is 13.5. The van der Waals surface area contributed by atoms with Gasteiger partial charge in [-0.25, -0.2) is 8.78 Å². The number of hydrogen-bond donors (Lipinski definition) is 0. The Morgan fingerprint density at radius 1 is 0.947 bits per heavy atom. The van der Waals surface area contributed by atoms with E-state index in [1.54, 1.807) is 6.07 Å². The molecule has 0 N–H and O–H groups in total. The smallest absolute Gasteiger partial charge is 0.270 e. The Hall–Kier alpha value is -3.10. The second-order valence-electron chi connectivity index (χ2n) is 10.3. The van der Waals surface area contributed by atoms with Gasteiger partial charge in [0.05, 0.1) is 10.7 Å². The number of para-hydroxylation sites is 1. The van der Waals surface area contributed by atoms with E-state index in [0.29, 0.717) is 31.0 Å². The van der Waals surface area contributed by atoms with E-state index < -0.39 is 11.6 Å². The molecule has 0 radical (unpaired) electrons. The van der Waals surface area contributed by atoms with Gasteiger partial charge in [-0.3, -0.25) is 9.69 Å². The molecule has 6 nitrogen and oxygen atoms in total. The predicted octanol–water partition coefficient (Wildman–Crippen LogP) is 4.94. The van der Waals surface area contributed by atoms with E-state index in [1.165, 1.54) is 6.07 Å². The molecule has 2 saturated heterocycles. The first kappa shape index (κ1) is 26.5. The molecule has 2 aromatic carbocycles. The standard InChI is InChI=1S/C29H34ClF2N5O/c1-20-18-36(23-8-9-25(31)26(32)17-23)14-15-37(20)29(38)28-16-22(21(2)33(28)3)19-34-10-12-35(13-11-34)27-7-5-4-6-24(27)30/h4-9,16-17,20H,10-15,18-19H2,1-3H3. The Kier molecular flexibility index (Phi) is 7.63. The van der Waals surface area contributed by atoms with Crippen molar-refractivity contribution in [2.24, 2.45) is 7.05 Å². The molecule has 0 saturated carbocycles. The number of carbonyl (C=O) groups excluding carboxylic acids is 1. The van der Waals surface area contributed by atoms with Crippen molar-refractivity contribution in [3.8, 4) is 0 Å². The molecule has 0 bridgehead atoms. The Morgan fingerprint density at radius 2 is 1.66 bits per heavy atom. The molecule has 0 aliphatic carbocycles. The van der Waals surface area contributed by atoms with Crippen molar-refractivity contribution in [1.29, 1.82) is 0 Å². The van der Waals surface area contributed by atoms with Crippen LogP contribution in [0.15, 0.2) is 48.5 Å². The second-order valence-corrected chi connectivity index (χ2v) is 10.7. The van der Waals surface area contributed by atoms with Crippen LogP contribution in [0.1, 0.15) is 28.7 Å². The van der Waals surface area contributed by atoms with Crippen LogP contribution in [0.2, 0.25) is 5.02 Å². The lowest BCUT2D eigenvalue weighted by atomic mass is 10.1. The van der Waals surface area contributed by atoms with Crippen LogP contribution in [-0.2, 0) is 13.6 Å². The summed E-state index contributed by atoms with van der Waals surface area (Å²) >= 11 is 6.39. The third-order valence-corrected chi connectivity index (χ3v) is 8.29. The van der Waals surface area contributed by atoms with Crippen LogP contribution in [0.5, 0.6) is 0 Å². The average molecular weight is 542 g/mol. The van der Waals surface area contributed by atoms with Crippen molar-refractivity contribution in [1.82, 2.24) is 14.4 Å². The lowest BCUT2D eigenvalue weighted by molar-refractivity contribution is 0.0664. The molecule has 1 atom stereocenters. The monoisotopic (exact) mass is 541 g/mol.